The van der Waals surface area contributed by atoms with E-state index >= 15 is 0 Å². The molecule has 0 N–H and O–H groups in total. The van der Waals surface area contributed by atoms with Crippen LogP contribution in [0.25, 0.3) is 0 Å². The molecule has 5 heteroatoms. The predicted octanol–water partition coefficient (Wildman–Crippen LogP) is 4.20. The highest BCUT2D eigenvalue weighted by molar-refractivity contribution is 5.77. The Kier molecular flexibility index (Phi) is 5.15. The number of hydrogen-bond acceptors (Lipinski definition) is 2. The smallest absolute Gasteiger partial charge is 0.223 e. The molecule has 0 bridgehead atoms. The molecule has 28 heavy (non-hydrogen) atoms. The van der Waals surface area contributed by atoms with Crippen molar-refractivity contribution in [3.63, 3.8) is 0 Å². The fraction of sp³-hybridized carbons (Fsp3) is 0.261. The van der Waals surface area contributed by atoms with Gasteiger partial charge in [0.05, 0.1) is 13.2 Å². The highest BCUT2D eigenvalue weighted by Crippen LogP contribution is 2.33. The Bertz CT molecular complexity index is 968. The molecule has 1 amide bonds. The van der Waals surface area contributed by atoms with E-state index in [-0.39, 0.29) is 17.7 Å². The monoisotopic (exact) mass is 378 g/mol. The minimum absolute atomic E-state index is 0.0810. The van der Waals surface area contributed by atoms with Crippen molar-refractivity contribution in [3.05, 3.63) is 89.5 Å². The van der Waals surface area contributed by atoms with Crippen LogP contribution in [0.15, 0.2) is 66.9 Å². The van der Waals surface area contributed by atoms with E-state index in [0.29, 0.717) is 19.4 Å². The van der Waals surface area contributed by atoms with E-state index < -0.39 is 5.82 Å². The number of benzene rings is 2. The third-order valence-electron chi connectivity index (χ3n) is 5.32. The van der Waals surface area contributed by atoms with Crippen LogP contribution in [0, 0.1) is 5.82 Å². The maximum Gasteiger partial charge on any atom is 0.223 e. The lowest BCUT2D eigenvalue weighted by Gasteiger charge is -2.37. The zero-order valence-electron chi connectivity index (χ0n) is 15.8. The Labute approximate surface area is 164 Å². The average Bonchev–Trinajstić information content (AvgIpc) is 3.21. The third kappa shape index (κ3) is 3.52. The van der Waals surface area contributed by atoms with Crippen molar-refractivity contribution in [3.8, 4) is 5.75 Å². The molecule has 2 aromatic carbocycles. The maximum atomic E-state index is 13.9. The van der Waals surface area contributed by atoms with Crippen LogP contribution in [0.1, 0.15) is 29.3 Å². The number of fused-ring (bicyclic) bond motifs is 1. The molecule has 4 nitrogen and oxygen atoms in total. The Morgan fingerprint density at radius 3 is 2.68 bits per heavy atom. The summed E-state index contributed by atoms with van der Waals surface area (Å²) in [5.41, 5.74) is 3.02. The highest BCUT2D eigenvalue weighted by atomic mass is 19.1. The second-order valence-electron chi connectivity index (χ2n) is 7.00. The van der Waals surface area contributed by atoms with Crippen molar-refractivity contribution in [2.24, 2.45) is 0 Å². The van der Waals surface area contributed by atoms with Gasteiger partial charge in [-0.15, -0.1) is 0 Å². The van der Waals surface area contributed by atoms with Gasteiger partial charge in [0.25, 0.3) is 0 Å². The van der Waals surface area contributed by atoms with Gasteiger partial charge in [-0.2, -0.15) is 0 Å². The number of halogens is 1. The van der Waals surface area contributed by atoms with Crippen LogP contribution in [0.3, 0.4) is 0 Å². The third-order valence-corrected chi connectivity index (χ3v) is 5.32. The molecule has 2 heterocycles. The van der Waals surface area contributed by atoms with E-state index in [9.17, 15) is 9.18 Å². The van der Waals surface area contributed by atoms with Crippen LogP contribution >= 0.6 is 0 Å². The van der Waals surface area contributed by atoms with Gasteiger partial charge in [0, 0.05) is 31.4 Å². The number of aromatic nitrogens is 1. The molecule has 0 spiro atoms. The highest BCUT2D eigenvalue weighted by Gasteiger charge is 2.31. The maximum absolute atomic E-state index is 13.9. The van der Waals surface area contributed by atoms with Crippen molar-refractivity contribution in [2.75, 3.05) is 13.7 Å². The molecular weight excluding hydrogens is 355 g/mol. The summed E-state index contributed by atoms with van der Waals surface area (Å²) in [5.74, 6) is -0.0982. The molecular formula is C23H23FN2O2. The van der Waals surface area contributed by atoms with Gasteiger partial charge < -0.3 is 14.2 Å². The van der Waals surface area contributed by atoms with E-state index in [1.165, 1.54) is 13.2 Å². The number of aryl methyl sites for hydroxylation is 1. The van der Waals surface area contributed by atoms with Crippen LogP contribution in [0.2, 0.25) is 0 Å². The van der Waals surface area contributed by atoms with Gasteiger partial charge in [-0.05, 0) is 41.8 Å². The quantitative estimate of drug-likeness (QED) is 0.667. The minimum atomic E-state index is -0.398. The van der Waals surface area contributed by atoms with Crippen LogP contribution in [0.4, 0.5) is 4.39 Å². The topological polar surface area (TPSA) is 34.5 Å². The largest absolute Gasteiger partial charge is 0.494 e. The van der Waals surface area contributed by atoms with Crippen molar-refractivity contribution < 1.29 is 13.9 Å². The molecule has 1 aliphatic heterocycles. The number of amides is 1. The van der Waals surface area contributed by atoms with Crippen LogP contribution in [-0.4, -0.2) is 29.0 Å². The number of carbonyl (C=O) groups excluding carboxylic acids is 1. The van der Waals surface area contributed by atoms with Gasteiger partial charge >= 0.3 is 0 Å². The summed E-state index contributed by atoms with van der Waals surface area (Å²) in [6.07, 6.45) is 2.90. The summed E-state index contributed by atoms with van der Waals surface area (Å²) >= 11 is 0. The van der Waals surface area contributed by atoms with Crippen LogP contribution in [-0.2, 0) is 17.8 Å². The molecule has 1 atom stereocenters. The molecule has 0 saturated heterocycles. The SMILES string of the molecule is COc1ccc(CCC(=O)N2CCn3cccc3C2c2ccccc2)cc1F. The summed E-state index contributed by atoms with van der Waals surface area (Å²) in [6.45, 7) is 1.45. The molecule has 1 aromatic heterocycles. The van der Waals surface area contributed by atoms with Gasteiger partial charge in [0.2, 0.25) is 5.91 Å². The lowest BCUT2D eigenvalue weighted by atomic mass is 9.99. The molecule has 0 saturated carbocycles. The number of ether oxygens (including phenoxy) is 1. The van der Waals surface area contributed by atoms with Gasteiger partial charge in [-0.25, -0.2) is 4.39 Å². The summed E-state index contributed by atoms with van der Waals surface area (Å²) in [7, 11) is 1.44. The van der Waals surface area contributed by atoms with E-state index in [2.05, 4.69) is 29.0 Å². The van der Waals surface area contributed by atoms with E-state index in [0.717, 1.165) is 23.4 Å². The summed E-state index contributed by atoms with van der Waals surface area (Å²) in [4.78, 5) is 15.0. The summed E-state index contributed by atoms with van der Waals surface area (Å²) in [5, 5.41) is 0. The van der Waals surface area contributed by atoms with Gasteiger partial charge in [-0.1, -0.05) is 36.4 Å². The minimum Gasteiger partial charge on any atom is -0.494 e. The normalized spacial score (nSPS) is 15.9. The Morgan fingerprint density at radius 2 is 1.93 bits per heavy atom. The lowest BCUT2D eigenvalue weighted by Crippen LogP contribution is -2.42. The van der Waals surface area contributed by atoms with Crippen molar-refractivity contribution in [2.45, 2.75) is 25.4 Å². The standard InChI is InChI=1S/C23H23FN2O2/c1-28-21-11-9-17(16-19(21)24)10-12-22(27)26-15-14-25-13-5-8-20(25)23(26)18-6-3-2-4-7-18/h2-9,11,13,16,23H,10,12,14-15H2,1H3. The Hall–Kier alpha value is -3.08. The Morgan fingerprint density at radius 1 is 1.11 bits per heavy atom. The van der Waals surface area contributed by atoms with E-state index in [1.807, 2.05) is 35.2 Å². The second-order valence-corrected chi connectivity index (χ2v) is 7.00. The number of nitrogens with zero attached hydrogens (tertiary/aromatic N) is 2. The summed E-state index contributed by atoms with van der Waals surface area (Å²) in [6, 6.07) is 19.0. The molecule has 0 aliphatic carbocycles. The van der Waals surface area contributed by atoms with Crippen LogP contribution in [0.5, 0.6) is 5.75 Å². The second kappa shape index (κ2) is 7.89. The first kappa shape index (κ1) is 18.3. The predicted molar refractivity (Wildman–Crippen MR) is 106 cm³/mol. The Balaban J connectivity index is 1.53. The zero-order valence-corrected chi connectivity index (χ0v) is 15.8. The zero-order chi connectivity index (χ0) is 19.5. The average molecular weight is 378 g/mol. The van der Waals surface area contributed by atoms with E-state index in [4.69, 9.17) is 4.74 Å². The van der Waals surface area contributed by atoms with Gasteiger partial charge in [0.15, 0.2) is 11.6 Å². The number of carbonyl (C=O) groups is 1. The number of rotatable bonds is 5. The van der Waals surface area contributed by atoms with Crippen molar-refractivity contribution in [1.29, 1.82) is 0 Å². The first-order valence-corrected chi connectivity index (χ1v) is 9.49. The number of hydrogen-bond donors (Lipinski definition) is 0. The van der Waals surface area contributed by atoms with E-state index in [1.54, 1.807) is 6.07 Å². The molecule has 3 aromatic rings. The van der Waals surface area contributed by atoms with Crippen molar-refractivity contribution >= 4 is 5.91 Å². The fourth-order valence-electron chi connectivity index (χ4n) is 3.90. The fourth-order valence-corrected chi connectivity index (χ4v) is 3.90. The molecule has 0 radical (unpaired) electrons. The molecule has 1 unspecified atom stereocenters. The first-order chi connectivity index (χ1) is 13.7. The van der Waals surface area contributed by atoms with Gasteiger partial charge in [-0.3, -0.25) is 4.79 Å². The first-order valence-electron chi connectivity index (χ1n) is 9.49. The van der Waals surface area contributed by atoms with Crippen LogP contribution < -0.4 is 4.74 Å². The van der Waals surface area contributed by atoms with Gasteiger partial charge in [0.1, 0.15) is 0 Å². The molecule has 4 rings (SSSR count). The molecule has 144 valence electrons. The van der Waals surface area contributed by atoms with Crippen molar-refractivity contribution in [1.82, 2.24) is 9.47 Å². The summed E-state index contributed by atoms with van der Waals surface area (Å²) < 4.78 is 21.1. The number of methoxy groups -OCH3 is 1. The molecule has 0 fully saturated rings. The lowest BCUT2D eigenvalue weighted by molar-refractivity contribution is -0.133. The molecule has 1 aliphatic rings.